The van der Waals surface area contributed by atoms with E-state index in [9.17, 15) is 18.4 Å². The molecule has 6 nitrogen and oxygen atoms in total. The molecule has 0 radical (unpaired) electrons. The monoisotopic (exact) mass is 423 g/mol. The molecular weight excluding hydrogens is 404 g/mol. The Balaban J connectivity index is 1.39. The van der Waals surface area contributed by atoms with Crippen molar-refractivity contribution in [2.45, 2.75) is 13.0 Å². The van der Waals surface area contributed by atoms with Crippen LogP contribution >= 0.6 is 0 Å². The minimum absolute atomic E-state index is 0.0405. The number of aromatic nitrogens is 1. The average molecular weight is 423 g/mol. The number of hydrogen-bond donors (Lipinski definition) is 1. The summed E-state index contributed by atoms with van der Waals surface area (Å²) in [6.45, 7) is 0.381. The quantitative estimate of drug-likeness (QED) is 0.652. The number of nitrogens with zero attached hydrogens (tertiary/aromatic N) is 2. The summed E-state index contributed by atoms with van der Waals surface area (Å²) in [5, 5.41) is 2.78. The highest BCUT2D eigenvalue weighted by Gasteiger charge is 2.35. The number of hydrogen-bond acceptors (Lipinski definition) is 4. The third-order valence-corrected chi connectivity index (χ3v) is 4.88. The molecule has 4 rings (SSSR count). The molecule has 3 aromatic rings. The topological polar surface area (TPSA) is 71.5 Å². The van der Waals surface area contributed by atoms with E-state index in [2.05, 4.69) is 10.3 Å². The van der Waals surface area contributed by atoms with Crippen LogP contribution in [0.1, 0.15) is 12.0 Å². The van der Waals surface area contributed by atoms with Crippen molar-refractivity contribution in [2.75, 3.05) is 16.8 Å². The summed E-state index contributed by atoms with van der Waals surface area (Å²) in [6, 6.07) is 13.5. The maximum atomic E-state index is 13.5. The summed E-state index contributed by atoms with van der Waals surface area (Å²) < 4.78 is 32.7. The lowest BCUT2D eigenvalue weighted by Crippen LogP contribution is -2.28. The Labute approximate surface area is 177 Å². The van der Waals surface area contributed by atoms with Gasteiger partial charge in [-0.3, -0.25) is 14.6 Å². The van der Waals surface area contributed by atoms with Crippen molar-refractivity contribution < 1.29 is 23.1 Å². The van der Waals surface area contributed by atoms with Gasteiger partial charge in [-0.15, -0.1) is 0 Å². The Kier molecular flexibility index (Phi) is 5.88. The molecule has 2 heterocycles. The Hall–Kier alpha value is -3.81. The lowest BCUT2D eigenvalue weighted by molar-refractivity contribution is -0.122. The van der Waals surface area contributed by atoms with E-state index in [1.165, 1.54) is 4.90 Å². The molecule has 2 aromatic carbocycles. The number of carbonyl (C=O) groups is 2. The number of amides is 2. The molecule has 1 aliphatic rings. The van der Waals surface area contributed by atoms with Gasteiger partial charge in [-0.05, 0) is 30.3 Å². The summed E-state index contributed by atoms with van der Waals surface area (Å²) in [6.07, 6.45) is 3.35. The van der Waals surface area contributed by atoms with Gasteiger partial charge < -0.3 is 15.0 Å². The van der Waals surface area contributed by atoms with Crippen molar-refractivity contribution >= 4 is 23.2 Å². The molecular formula is C23H19F2N3O3. The van der Waals surface area contributed by atoms with Crippen LogP contribution in [-0.2, 0) is 16.2 Å². The molecule has 1 N–H and O–H groups in total. The van der Waals surface area contributed by atoms with Gasteiger partial charge in [0.05, 0.1) is 5.92 Å². The molecule has 1 aliphatic heterocycles. The van der Waals surface area contributed by atoms with Gasteiger partial charge in [-0.2, -0.15) is 0 Å². The Morgan fingerprint density at radius 1 is 1.13 bits per heavy atom. The highest BCUT2D eigenvalue weighted by Crippen LogP contribution is 2.28. The van der Waals surface area contributed by atoms with Crippen molar-refractivity contribution in [2.24, 2.45) is 5.92 Å². The van der Waals surface area contributed by atoms with E-state index in [0.29, 0.717) is 18.0 Å². The van der Waals surface area contributed by atoms with Crippen molar-refractivity contribution in [3.05, 3.63) is 84.2 Å². The van der Waals surface area contributed by atoms with Crippen LogP contribution in [0.3, 0.4) is 0 Å². The number of halogens is 2. The number of nitrogens with one attached hydrogen (secondary N) is 1. The van der Waals surface area contributed by atoms with Crippen LogP contribution in [-0.4, -0.2) is 23.3 Å². The zero-order chi connectivity index (χ0) is 21.8. The predicted octanol–water partition coefficient (Wildman–Crippen LogP) is 3.93. The zero-order valence-electron chi connectivity index (χ0n) is 16.4. The van der Waals surface area contributed by atoms with Crippen LogP contribution < -0.4 is 15.0 Å². The summed E-state index contributed by atoms with van der Waals surface area (Å²) in [5.74, 6) is -2.34. The van der Waals surface area contributed by atoms with Crippen molar-refractivity contribution in [1.82, 2.24) is 4.98 Å². The van der Waals surface area contributed by atoms with Crippen molar-refractivity contribution in [3.8, 4) is 5.75 Å². The second-order valence-corrected chi connectivity index (χ2v) is 7.20. The minimum Gasteiger partial charge on any atom is -0.489 e. The number of rotatable bonds is 6. The molecule has 31 heavy (non-hydrogen) atoms. The second kappa shape index (κ2) is 8.91. The largest absolute Gasteiger partial charge is 0.489 e. The molecule has 1 fully saturated rings. The fraction of sp³-hybridized carbons (Fsp3) is 0.174. The van der Waals surface area contributed by atoms with Crippen LogP contribution in [0.5, 0.6) is 5.75 Å². The SMILES string of the molecule is O=C(Nc1cccc(OCc2cccnc2)c1)C1CC(=O)N(c2cc(F)cc(F)c2)C1. The molecule has 0 bridgehead atoms. The fourth-order valence-corrected chi connectivity index (χ4v) is 3.39. The number of carbonyl (C=O) groups excluding carboxylic acids is 2. The molecule has 0 aliphatic carbocycles. The fourth-order valence-electron chi connectivity index (χ4n) is 3.39. The van der Waals surface area contributed by atoms with Crippen molar-refractivity contribution in [1.29, 1.82) is 0 Å². The van der Waals surface area contributed by atoms with Gasteiger partial charge in [0.1, 0.15) is 24.0 Å². The number of benzene rings is 2. The summed E-state index contributed by atoms with van der Waals surface area (Å²) in [5.41, 5.74) is 1.54. The Morgan fingerprint density at radius 2 is 1.94 bits per heavy atom. The summed E-state index contributed by atoms with van der Waals surface area (Å²) in [4.78, 5) is 30.2. The van der Waals surface area contributed by atoms with E-state index in [4.69, 9.17) is 4.74 Å². The van der Waals surface area contributed by atoms with Gasteiger partial charge in [0.15, 0.2) is 0 Å². The maximum Gasteiger partial charge on any atom is 0.229 e. The summed E-state index contributed by atoms with van der Waals surface area (Å²) in [7, 11) is 0. The molecule has 0 spiro atoms. The molecule has 8 heteroatoms. The molecule has 158 valence electrons. The van der Waals surface area contributed by atoms with E-state index < -0.39 is 17.6 Å². The number of anilines is 2. The summed E-state index contributed by atoms with van der Waals surface area (Å²) >= 11 is 0. The van der Waals surface area contributed by atoms with Crippen LogP contribution in [0.4, 0.5) is 20.2 Å². The molecule has 1 saturated heterocycles. The van der Waals surface area contributed by atoms with Crippen LogP contribution in [0.25, 0.3) is 0 Å². The van der Waals surface area contributed by atoms with Crippen molar-refractivity contribution in [3.63, 3.8) is 0 Å². The van der Waals surface area contributed by atoms with E-state index in [1.54, 1.807) is 36.7 Å². The van der Waals surface area contributed by atoms with E-state index in [0.717, 1.165) is 23.8 Å². The van der Waals surface area contributed by atoms with Gasteiger partial charge in [-0.1, -0.05) is 12.1 Å². The minimum atomic E-state index is -0.779. The van der Waals surface area contributed by atoms with E-state index in [1.807, 2.05) is 12.1 Å². The van der Waals surface area contributed by atoms with E-state index in [-0.39, 0.29) is 30.5 Å². The van der Waals surface area contributed by atoms with Gasteiger partial charge >= 0.3 is 0 Å². The second-order valence-electron chi connectivity index (χ2n) is 7.20. The standard InChI is InChI=1S/C23H19F2N3O3/c24-17-8-18(25)10-20(9-17)28-13-16(7-22(28)29)23(30)27-19-4-1-5-21(11-19)31-14-15-3-2-6-26-12-15/h1-6,8-12,16H,7,13-14H2,(H,27,30). The smallest absolute Gasteiger partial charge is 0.229 e. The predicted molar refractivity (Wildman–Crippen MR) is 110 cm³/mol. The average Bonchev–Trinajstić information content (AvgIpc) is 3.14. The third kappa shape index (κ3) is 5.03. The highest BCUT2D eigenvalue weighted by atomic mass is 19.1. The van der Waals surface area contributed by atoms with Gasteiger partial charge in [0.25, 0.3) is 0 Å². The zero-order valence-corrected chi connectivity index (χ0v) is 16.4. The van der Waals surface area contributed by atoms with Crippen LogP contribution in [0, 0.1) is 17.6 Å². The first-order chi connectivity index (χ1) is 15.0. The molecule has 1 atom stereocenters. The molecule has 1 unspecified atom stereocenters. The molecule has 2 amide bonds. The third-order valence-electron chi connectivity index (χ3n) is 4.88. The lowest BCUT2D eigenvalue weighted by Gasteiger charge is -2.17. The maximum absolute atomic E-state index is 13.5. The number of ether oxygens (including phenoxy) is 1. The van der Waals surface area contributed by atoms with Crippen LogP contribution in [0.15, 0.2) is 67.0 Å². The first kappa shape index (κ1) is 20.5. The highest BCUT2D eigenvalue weighted by molar-refractivity contribution is 6.03. The van der Waals surface area contributed by atoms with E-state index >= 15 is 0 Å². The molecule has 1 aromatic heterocycles. The lowest BCUT2D eigenvalue weighted by atomic mass is 10.1. The van der Waals surface area contributed by atoms with Crippen LogP contribution in [0.2, 0.25) is 0 Å². The van der Waals surface area contributed by atoms with Gasteiger partial charge in [0.2, 0.25) is 11.8 Å². The van der Waals surface area contributed by atoms with Gasteiger partial charge in [0, 0.05) is 54.4 Å². The first-order valence-corrected chi connectivity index (χ1v) is 9.67. The number of pyridine rings is 1. The Bertz CT molecular complexity index is 1090. The normalized spacial score (nSPS) is 15.7. The van der Waals surface area contributed by atoms with Gasteiger partial charge in [-0.25, -0.2) is 8.78 Å². The Morgan fingerprint density at radius 3 is 2.68 bits per heavy atom. The first-order valence-electron chi connectivity index (χ1n) is 9.67. The molecule has 0 saturated carbocycles.